The van der Waals surface area contributed by atoms with Crippen molar-refractivity contribution in [2.75, 3.05) is 24.6 Å². The lowest BCUT2D eigenvalue weighted by Crippen LogP contribution is -2.50. The fourth-order valence-electron chi connectivity index (χ4n) is 4.19. The fraction of sp³-hybridized carbons (Fsp3) is 0.500. The lowest BCUT2D eigenvalue weighted by molar-refractivity contribution is -0.172. The van der Waals surface area contributed by atoms with Gasteiger partial charge in [-0.05, 0) is 51.8 Å². The zero-order valence-electron chi connectivity index (χ0n) is 18.6. The minimum absolute atomic E-state index is 0.152. The molecule has 3 heterocycles. The van der Waals surface area contributed by atoms with Crippen LogP contribution in [-0.4, -0.2) is 54.2 Å². The van der Waals surface area contributed by atoms with E-state index in [4.69, 9.17) is 13.9 Å². The van der Waals surface area contributed by atoms with Crippen molar-refractivity contribution < 1.29 is 23.5 Å². The maximum Gasteiger partial charge on any atom is 0.337 e. The number of morpholine rings is 1. The Kier molecular flexibility index (Phi) is 5.79. The Morgan fingerprint density at radius 1 is 1.19 bits per heavy atom. The second kappa shape index (κ2) is 8.38. The van der Waals surface area contributed by atoms with E-state index in [9.17, 15) is 9.59 Å². The summed E-state index contributed by atoms with van der Waals surface area (Å²) in [5.41, 5.74) is 2.41. The minimum Gasteiger partial charge on any atom is -0.467 e. The molecular formula is C24H30N2O5. The van der Waals surface area contributed by atoms with E-state index in [0.29, 0.717) is 37.1 Å². The zero-order valence-corrected chi connectivity index (χ0v) is 18.6. The van der Waals surface area contributed by atoms with Gasteiger partial charge in [0, 0.05) is 18.3 Å². The molecule has 0 radical (unpaired) electrons. The molecule has 2 aliphatic heterocycles. The first-order valence-electron chi connectivity index (χ1n) is 10.8. The van der Waals surface area contributed by atoms with Crippen molar-refractivity contribution >= 4 is 17.6 Å². The number of rotatable bonds is 4. The predicted molar refractivity (Wildman–Crippen MR) is 116 cm³/mol. The number of nitrogens with zero attached hydrogens (tertiary/aromatic N) is 2. The van der Waals surface area contributed by atoms with Crippen LogP contribution in [0.1, 0.15) is 49.4 Å². The summed E-state index contributed by atoms with van der Waals surface area (Å²) in [6.45, 7) is 9.01. The van der Waals surface area contributed by atoms with Gasteiger partial charge in [-0.25, -0.2) is 4.79 Å². The summed E-state index contributed by atoms with van der Waals surface area (Å²) in [7, 11) is 0. The molecule has 0 saturated carbocycles. The number of benzene rings is 1. The van der Waals surface area contributed by atoms with E-state index in [0.717, 1.165) is 6.42 Å². The van der Waals surface area contributed by atoms with E-state index < -0.39 is 17.7 Å². The summed E-state index contributed by atoms with van der Waals surface area (Å²) in [5.74, 6) is 0.0366. The van der Waals surface area contributed by atoms with Crippen molar-refractivity contribution in [1.82, 2.24) is 4.90 Å². The molecule has 31 heavy (non-hydrogen) atoms. The number of ether oxygens (including phenoxy) is 2. The van der Waals surface area contributed by atoms with Crippen molar-refractivity contribution in [2.45, 2.75) is 58.4 Å². The number of fused-ring (bicyclic) bond motifs is 1. The van der Waals surface area contributed by atoms with Crippen LogP contribution in [0.4, 0.5) is 5.69 Å². The van der Waals surface area contributed by atoms with Gasteiger partial charge in [-0.15, -0.1) is 0 Å². The van der Waals surface area contributed by atoms with Crippen LogP contribution in [0.2, 0.25) is 0 Å². The van der Waals surface area contributed by atoms with Gasteiger partial charge >= 0.3 is 5.97 Å². The Labute approximate surface area is 182 Å². The second-order valence-electron chi connectivity index (χ2n) is 9.21. The van der Waals surface area contributed by atoms with Crippen LogP contribution in [0.15, 0.2) is 41.0 Å². The highest BCUT2D eigenvalue weighted by Crippen LogP contribution is 2.33. The molecule has 0 spiro atoms. The number of hydrogen-bond acceptors (Lipinski definition) is 6. The summed E-state index contributed by atoms with van der Waals surface area (Å²) in [4.78, 5) is 29.6. The monoisotopic (exact) mass is 426 g/mol. The molecule has 2 aromatic rings. The van der Waals surface area contributed by atoms with Gasteiger partial charge < -0.3 is 23.7 Å². The van der Waals surface area contributed by atoms with Gasteiger partial charge in [-0.3, -0.25) is 4.79 Å². The predicted octanol–water partition coefficient (Wildman–Crippen LogP) is 3.41. The highest BCUT2D eigenvalue weighted by molar-refractivity contribution is 5.95. The smallest absolute Gasteiger partial charge is 0.337 e. The highest BCUT2D eigenvalue weighted by Gasteiger charge is 2.34. The molecule has 7 heteroatoms. The van der Waals surface area contributed by atoms with Crippen molar-refractivity contribution in [3.8, 4) is 0 Å². The van der Waals surface area contributed by atoms with E-state index in [1.807, 2.05) is 26.8 Å². The number of hydrogen-bond donors (Lipinski definition) is 0. The van der Waals surface area contributed by atoms with Crippen molar-refractivity contribution in [3.63, 3.8) is 0 Å². The summed E-state index contributed by atoms with van der Waals surface area (Å²) < 4.78 is 16.7. The summed E-state index contributed by atoms with van der Waals surface area (Å²) >= 11 is 0. The largest absolute Gasteiger partial charge is 0.467 e. The van der Waals surface area contributed by atoms with Crippen LogP contribution in [0.3, 0.4) is 0 Å². The minimum atomic E-state index is -0.780. The average molecular weight is 427 g/mol. The van der Waals surface area contributed by atoms with E-state index in [-0.39, 0.29) is 12.5 Å². The van der Waals surface area contributed by atoms with E-state index in [2.05, 4.69) is 30.0 Å². The summed E-state index contributed by atoms with van der Waals surface area (Å²) in [6, 6.07) is 10.4. The second-order valence-corrected chi connectivity index (χ2v) is 9.21. The number of carbonyl (C=O) groups excluding carboxylic acids is 2. The summed E-state index contributed by atoms with van der Waals surface area (Å²) in [5, 5.41) is 0. The number of carbonyl (C=O) groups is 2. The molecule has 2 aliphatic rings. The fourth-order valence-corrected chi connectivity index (χ4v) is 4.19. The Hall–Kier alpha value is -2.80. The molecule has 0 aliphatic carbocycles. The van der Waals surface area contributed by atoms with Crippen LogP contribution in [0, 0.1) is 0 Å². The van der Waals surface area contributed by atoms with Gasteiger partial charge in [0.2, 0.25) is 0 Å². The molecule has 1 saturated heterocycles. The summed E-state index contributed by atoms with van der Waals surface area (Å²) in [6.07, 6.45) is 1.75. The van der Waals surface area contributed by atoms with Gasteiger partial charge in [0.15, 0.2) is 6.10 Å². The number of anilines is 1. The molecule has 166 valence electrons. The molecule has 4 rings (SSSR count). The van der Waals surface area contributed by atoms with E-state index in [1.54, 1.807) is 17.2 Å². The quantitative estimate of drug-likeness (QED) is 0.698. The molecular weight excluding hydrogens is 396 g/mol. The highest BCUT2D eigenvalue weighted by atomic mass is 16.6. The number of amides is 1. The molecule has 0 N–H and O–H groups in total. The van der Waals surface area contributed by atoms with Gasteiger partial charge in [0.1, 0.15) is 11.4 Å². The Morgan fingerprint density at radius 2 is 1.97 bits per heavy atom. The number of para-hydroxylation sites is 1. The van der Waals surface area contributed by atoms with Crippen LogP contribution in [0.25, 0.3) is 0 Å². The topological polar surface area (TPSA) is 72.2 Å². The van der Waals surface area contributed by atoms with E-state index >= 15 is 0 Å². The number of furan rings is 1. The molecule has 0 bridgehead atoms. The maximum atomic E-state index is 13.3. The van der Waals surface area contributed by atoms with Gasteiger partial charge in [-0.1, -0.05) is 18.2 Å². The van der Waals surface area contributed by atoms with Crippen LogP contribution < -0.4 is 4.90 Å². The lowest BCUT2D eigenvalue weighted by Gasteiger charge is -2.33. The average Bonchev–Trinajstić information content (AvgIpc) is 3.31. The first-order valence-corrected chi connectivity index (χ1v) is 10.8. The SMILES string of the molecule is C[C@H]1Cc2ccccc2N1Cc1occc1C(=O)N1CCO[C@@H](C(=O)OC(C)(C)C)C1. The van der Waals surface area contributed by atoms with Crippen LogP contribution >= 0.6 is 0 Å². The third kappa shape index (κ3) is 4.61. The van der Waals surface area contributed by atoms with Crippen molar-refractivity contribution in [3.05, 3.63) is 53.5 Å². The third-order valence-electron chi connectivity index (χ3n) is 5.66. The van der Waals surface area contributed by atoms with Crippen LogP contribution in [-0.2, 0) is 27.2 Å². The van der Waals surface area contributed by atoms with Gasteiger partial charge in [0.25, 0.3) is 5.91 Å². The molecule has 0 unspecified atom stereocenters. The molecule has 7 nitrogen and oxygen atoms in total. The number of esters is 1. The normalized spacial score (nSPS) is 21.2. The molecule has 1 aromatic heterocycles. The Morgan fingerprint density at radius 3 is 2.74 bits per heavy atom. The van der Waals surface area contributed by atoms with E-state index in [1.165, 1.54) is 11.3 Å². The standard InChI is InChI=1S/C24H30N2O5/c1-16-13-17-7-5-6-8-19(17)26(16)15-20-18(9-11-29-20)22(27)25-10-12-30-21(14-25)23(28)31-24(2,3)4/h5-9,11,16,21H,10,12-15H2,1-4H3/t16-,21+/m0/s1. The van der Waals surface area contributed by atoms with Crippen molar-refractivity contribution in [1.29, 1.82) is 0 Å². The first-order chi connectivity index (χ1) is 14.7. The van der Waals surface area contributed by atoms with Gasteiger partial charge in [-0.2, -0.15) is 0 Å². The van der Waals surface area contributed by atoms with Crippen molar-refractivity contribution in [2.24, 2.45) is 0 Å². The zero-order chi connectivity index (χ0) is 22.2. The molecule has 1 amide bonds. The Balaban J connectivity index is 1.47. The molecule has 1 aromatic carbocycles. The van der Waals surface area contributed by atoms with Crippen LogP contribution in [0.5, 0.6) is 0 Å². The Bertz CT molecular complexity index is 961. The maximum absolute atomic E-state index is 13.3. The van der Waals surface area contributed by atoms with Gasteiger partial charge in [0.05, 0.1) is 31.5 Å². The first kappa shape index (κ1) is 21.4. The molecule has 2 atom stereocenters. The molecule has 1 fully saturated rings. The lowest BCUT2D eigenvalue weighted by atomic mass is 10.1. The third-order valence-corrected chi connectivity index (χ3v) is 5.66.